The molecule has 0 bridgehead atoms. The van der Waals surface area contributed by atoms with E-state index in [-0.39, 0.29) is 5.54 Å². The van der Waals surface area contributed by atoms with Gasteiger partial charge in [-0.25, -0.2) is 0 Å². The van der Waals surface area contributed by atoms with Crippen molar-refractivity contribution >= 4 is 10.9 Å². The van der Waals surface area contributed by atoms with Gasteiger partial charge < -0.3 is 5.73 Å². The Kier molecular flexibility index (Phi) is 3.06. The van der Waals surface area contributed by atoms with Crippen molar-refractivity contribution in [3.8, 4) is 0 Å². The molecule has 1 heterocycles. The van der Waals surface area contributed by atoms with Gasteiger partial charge in [0.15, 0.2) is 0 Å². The van der Waals surface area contributed by atoms with Gasteiger partial charge in [0.05, 0.1) is 5.52 Å². The first-order valence-corrected chi connectivity index (χ1v) is 7.23. The second kappa shape index (κ2) is 4.61. The molecule has 2 nitrogen and oxygen atoms in total. The summed E-state index contributed by atoms with van der Waals surface area (Å²) in [6.45, 7) is 4.66. The summed E-state index contributed by atoms with van der Waals surface area (Å²) in [5.41, 5.74) is 8.85. The van der Waals surface area contributed by atoms with E-state index in [9.17, 15) is 0 Å². The minimum absolute atomic E-state index is 0.209. The highest BCUT2D eigenvalue weighted by Crippen LogP contribution is 2.42. The van der Waals surface area contributed by atoms with Crippen molar-refractivity contribution in [1.82, 2.24) is 4.98 Å². The van der Waals surface area contributed by atoms with Crippen molar-refractivity contribution in [1.29, 1.82) is 0 Å². The Labute approximate surface area is 115 Å². The van der Waals surface area contributed by atoms with Crippen molar-refractivity contribution in [2.24, 2.45) is 17.6 Å². The third-order valence-electron chi connectivity index (χ3n) is 4.87. The molecule has 3 rings (SSSR count). The van der Waals surface area contributed by atoms with Gasteiger partial charge in [-0.15, -0.1) is 0 Å². The summed E-state index contributed by atoms with van der Waals surface area (Å²) in [4.78, 5) is 4.57. The highest BCUT2D eigenvalue weighted by molar-refractivity contribution is 5.82. The maximum atomic E-state index is 6.76. The third kappa shape index (κ3) is 2.14. The molecule has 3 unspecified atom stereocenters. The zero-order valence-corrected chi connectivity index (χ0v) is 11.8. The monoisotopic (exact) mass is 254 g/mol. The zero-order chi connectivity index (χ0) is 13.5. The molecule has 1 aromatic heterocycles. The van der Waals surface area contributed by atoms with Gasteiger partial charge in [-0.2, -0.15) is 0 Å². The Hall–Kier alpha value is -1.41. The van der Waals surface area contributed by atoms with Crippen molar-refractivity contribution in [3.05, 3.63) is 42.1 Å². The van der Waals surface area contributed by atoms with Gasteiger partial charge in [-0.05, 0) is 42.7 Å². The lowest BCUT2D eigenvalue weighted by Crippen LogP contribution is -2.43. The first kappa shape index (κ1) is 12.6. The Bertz CT molecular complexity index is 587. The van der Waals surface area contributed by atoms with Crippen LogP contribution in [0.4, 0.5) is 0 Å². The Morgan fingerprint density at radius 2 is 1.95 bits per heavy atom. The molecule has 1 saturated carbocycles. The summed E-state index contributed by atoms with van der Waals surface area (Å²) in [6.07, 6.45) is 5.20. The molecule has 0 saturated heterocycles. The molecule has 0 aliphatic heterocycles. The van der Waals surface area contributed by atoms with E-state index < -0.39 is 0 Å². The Balaban J connectivity index is 2.09. The van der Waals surface area contributed by atoms with Crippen LogP contribution in [0.3, 0.4) is 0 Å². The standard InChI is InChI=1S/C17H22N2/c1-12-8-9-17(18,11-13(12)2)15-7-3-5-14-6-4-10-19-16(14)15/h3-7,10,12-13H,8-9,11,18H2,1-2H3. The van der Waals surface area contributed by atoms with Gasteiger partial charge in [0, 0.05) is 17.1 Å². The van der Waals surface area contributed by atoms with Gasteiger partial charge in [-0.3, -0.25) is 4.98 Å². The van der Waals surface area contributed by atoms with E-state index in [2.05, 4.69) is 43.1 Å². The smallest absolute Gasteiger partial charge is 0.0752 e. The number of rotatable bonds is 1. The number of para-hydroxylation sites is 1. The Morgan fingerprint density at radius 3 is 2.74 bits per heavy atom. The fourth-order valence-electron chi connectivity index (χ4n) is 3.40. The molecular weight excluding hydrogens is 232 g/mol. The van der Waals surface area contributed by atoms with E-state index in [4.69, 9.17) is 5.73 Å². The van der Waals surface area contributed by atoms with Crippen LogP contribution in [0.1, 0.15) is 38.7 Å². The number of benzene rings is 1. The summed E-state index contributed by atoms with van der Waals surface area (Å²) in [7, 11) is 0. The van der Waals surface area contributed by atoms with Gasteiger partial charge in [0.25, 0.3) is 0 Å². The Morgan fingerprint density at radius 1 is 1.16 bits per heavy atom. The molecule has 19 heavy (non-hydrogen) atoms. The summed E-state index contributed by atoms with van der Waals surface area (Å²) in [6, 6.07) is 10.5. The number of aromatic nitrogens is 1. The first-order chi connectivity index (χ1) is 9.10. The lowest BCUT2D eigenvalue weighted by molar-refractivity contribution is 0.178. The van der Waals surface area contributed by atoms with E-state index in [1.54, 1.807) is 0 Å². The molecule has 0 radical (unpaired) electrons. The maximum absolute atomic E-state index is 6.76. The highest BCUT2D eigenvalue weighted by atomic mass is 14.8. The van der Waals surface area contributed by atoms with Crippen LogP contribution in [0.25, 0.3) is 10.9 Å². The predicted molar refractivity (Wildman–Crippen MR) is 79.8 cm³/mol. The average molecular weight is 254 g/mol. The van der Waals surface area contributed by atoms with Crippen LogP contribution in [0.2, 0.25) is 0 Å². The molecule has 2 N–H and O–H groups in total. The van der Waals surface area contributed by atoms with Crippen molar-refractivity contribution in [2.75, 3.05) is 0 Å². The summed E-state index contributed by atoms with van der Waals surface area (Å²) in [5.74, 6) is 1.46. The van der Waals surface area contributed by atoms with Crippen LogP contribution in [0.5, 0.6) is 0 Å². The van der Waals surface area contributed by atoms with E-state index in [1.807, 2.05) is 12.3 Å². The fraction of sp³-hybridized carbons (Fsp3) is 0.471. The van der Waals surface area contributed by atoms with Crippen LogP contribution in [-0.4, -0.2) is 4.98 Å². The number of hydrogen-bond acceptors (Lipinski definition) is 2. The quantitative estimate of drug-likeness (QED) is 0.839. The number of nitrogens with two attached hydrogens (primary N) is 1. The van der Waals surface area contributed by atoms with Crippen molar-refractivity contribution in [2.45, 2.75) is 38.6 Å². The fourth-order valence-corrected chi connectivity index (χ4v) is 3.40. The van der Waals surface area contributed by atoms with Crippen LogP contribution >= 0.6 is 0 Å². The van der Waals surface area contributed by atoms with Gasteiger partial charge in [0.2, 0.25) is 0 Å². The van der Waals surface area contributed by atoms with Crippen molar-refractivity contribution in [3.63, 3.8) is 0 Å². The molecule has 2 heteroatoms. The largest absolute Gasteiger partial charge is 0.321 e. The minimum Gasteiger partial charge on any atom is -0.321 e. The van der Waals surface area contributed by atoms with E-state index in [0.717, 1.165) is 24.3 Å². The first-order valence-electron chi connectivity index (χ1n) is 7.23. The molecule has 0 spiro atoms. The van der Waals surface area contributed by atoms with Gasteiger partial charge >= 0.3 is 0 Å². The lowest BCUT2D eigenvalue weighted by Gasteiger charge is -2.40. The van der Waals surface area contributed by atoms with Crippen LogP contribution in [0, 0.1) is 11.8 Å². The molecule has 0 amide bonds. The molecule has 100 valence electrons. The van der Waals surface area contributed by atoms with Crippen LogP contribution < -0.4 is 5.73 Å². The lowest BCUT2D eigenvalue weighted by atomic mass is 9.68. The van der Waals surface area contributed by atoms with Gasteiger partial charge in [-0.1, -0.05) is 38.1 Å². The number of fused-ring (bicyclic) bond motifs is 1. The molecule has 1 aliphatic rings. The molecule has 1 aliphatic carbocycles. The number of hydrogen-bond donors (Lipinski definition) is 1. The molecule has 3 atom stereocenters. The summed E-state index contributed by atoms with van der Waals surface area (Å²) >= 11 is 0. The molecular formula is C17H22N2. The van der Waals surface area contributed by atoms with Crippen molar-refractivity contribution < 1.29 is 0 Å². The van der Waals surface area contributed by atoms with E-state index in [0.29, 0.717) is 5.92 Å². The molecule has 1 aromatic carbocycles. The molecule has 1 fully saturated rings. The minimum atomic E-state index is -0.209. The normalized spacial score (nSPS) is 31.5. The maximum Gasteiger partial charge on any atom is 0.0752 e. The zero-order valence-electron chi connectivity index (χ0n) is 11.8. The average Bonchev–Trinajstić information content (AvgIpc) is 2.43. The number of nitrogens with zero attached hydrogens (tertiary/aromatic N) is 1. The van der Waals surface area contributed by atoms with E-state index >= 15 is 0 Å². The van der Waals surface area contributed by atoms with Crippen LogP contribution in [-0.2, 0) is 5.54 Å². The molecule has 2 aromatic rings. The van der Waals surface area contributed by atoms with E-state index in [1.165, 1.54) is 17.4 Å². The predicted octanol–water partition coefficient (Wildman–Crippen LogP) is 3.84. The van der Waals surface area contributed by atoms with Gasteiger partial charge in [0.1, 0.15) is 0 Å². The number of pyridine rings is 1. The third-order valence-corrected chi connectivity index (χ3v) is 4.87. The SMILES string of the molecule is CC1CCC(N)(c2cccc3cccnc23)CC1C. The second-order valence-corrected chi connectivity index (χ2v) is 6.23. The summed E-state index contributed by atoms with van der Waals surface area (Å²) < 4.78 is 0. The van der Waals surface area contributed by atoms with Crippen LogP contribution in [0.15, 0.2) is 36.5 Å². The second-order valence-electron chi connectivity index (χ2n) is 6.23. The summed E-state index contributed by atoms with van der Waals surface area (Å²) in [5, 5.41) is 1.19. The highest BCUT2D eigenvalue weighted by Gasteiger charge is 2.36. The topological polar surface area (TPSA) is 38.9 Å².